The number of rotatable bonds is 6. The van der Waals surface area contributed by atoms with Gasteiger partial charge in [0.25, 0.3) is 0 Å². The topological polar surface area (TPSA) is 47.6 Å². The first-order chi connectivity index (χ1) is 9.87. The summed E-state index contributed by atoms with van der Waals surface area (Å²) < 4.78 is 46.0. The van der Waals surface area contributed by atoms with Gasteiger partial charge in [0, 0.05) is 18.7 Å². The maximum absolute atomic E-state index is 11.9. The van der Waals surface area contributed by atoms with Gasteiger partial charge in [-0.2, -0.15) is 13.2 Å². The molecule has 0 fully saturated rings. The summed E-state index contributed by atoms with van der Waals surface area (Å²) in [5.41, 5.74) is 0.789. The normalized spacial score (nSPS) is 11.5. The molecule has 1 rings (SSSR count). The van der Waals surface area contributed by atoms with Crippen LogP contribution in [0.1, 0.15) is 5.56 Å². The Balaban J connectivity index is 2.57. The monoisotopic (exact) mass is 303 g/mol. The smallest absolute Gasteiger partial charge is 0.409 e. The molecule has 0 aliphatic heterocycles. The maximum atomic E-state index is 11.9. The molecule has 0 aliphatic carbocycles. The van der Waals surface area contributed by atoms with Crippen molar-refractivity contribution in [2.24, 2.45) is 0 Å². The standard InChI is InChI=1S/C14H16F3NO3/c1-20-11-5-3-4-10(13(11)21-2)7-9-18-12(19)6-8-14(15,16)17/h3-6,8H,7,9H2,1-2H3,(H,18,19)/b8-6+. The van der Waals surface area contributed by atoms with Gasteiger partial charge in [-0.25, -0.2) is 0 Å². The summed E-state index contributed by atoms with van der Waals surface area (Å²) in [6.07, 6.45) is -3.73. The van der Waals surface area contributed by atoms with Crippen molar-refractivity contribution >= 4 is 5.91 Å². The Morgan fingerprint density at radius 3 is 2.57 bits per heavy atom. The number of carbonyl (C=O) groups is 1. The number of hydrogen-bond donors (Lipinski definition) is 1. The molecule has 1 N–H and O–H groups in total. The first kappa shape index (κ1) is 16.9. The quantitative estimate of drug-likeness (QED) is 0.821. The number of hydrogen-bond acceptors (Lipinski definition) is 3. The highest BCUT2D eigenvalue weighted by Crippen LogP contribution is 2.30. The van der Waals surface area contributed by atoms with E-state index in [-0.39, 0.29) is 12.6 Å². The molecule has 116 valence electrons. The molecule has 7 heteroatoms. The van der Waals surface area contributed by atoms with E-state index in [9.17, 15) is 18.0 Å². The van der Waals surface area contributed by atoms with Crippen molar-refractivity contribution in [1.29, 1.82) is 0 Å². The lowest BCUT2D eigenvalue weighted by Crippen LogP contribution is -2.24. The SMILES string of the molecule is COc1cccc(CCNC(=O)/C=C/C(F)(F)F)c1OC. The lowest BCUT2D eigenvalue weighted by atomic mass is 10.1. The van der Waals surface area contributed by atoms with E-state index in [1.165, 1.54) is 14.2 Å². The highest BCUT2D eigenvalue weighted by atomic mass is 19.4. The minimum absolute atomic E-state index is 0.103. The van der Waals surface area contributed by atoms with Crippen LogP contribution in [0.4, 0.5) is 13.2 Å². The van der Waals surface area contributed by atoms with Gasteiger partial charge >= 0.3 is 6.18 Å². The first-order valence-electron chi connectivity index (χ1n) is 6.11. The van der Waals surface area contributed by atoms with E-state index in [4.69, 9.17) is 9.47 Å². The minimum Gasteiger partial charge on any atom is -0.493 e. The van der Waals surface area contributed by atoms with Crippen molar-refractivity contribution in [2.45, 2.75) is 12.6 Å². The third-order valence-corrected chi connectivity index (χ3v) is 2.60. The van der Waals surface area contributed by atoms with Gasteiger partial charge in [-0.1, -0.05) is 12.1 Å². The van der Waals surface area contributed by atoms with Gasteiger partial charge in [-0.05, 0) is 18.1 Å². The van der Waals surface area contributed by atoms with Crippen molar-refractivity contribution in [3.05, 3.63) is 35.9 Å². The van der Waals surface area contributed by atoms with Gasteiger partial charge in [-0.15, -0.1) is 0 Å². The molecule has 1 aromatic rings. The number of ether oxygens (including phenoxy) is 2. The number of methoxy groups -OCH3 is 2. The lowest BCUT2D eigenvalue weighted by molar-refractivity contribution is -0.117. The second-order valence-corrected chi connectivity index (χ2v) is 4.07. The summed E-state index contributed by atoms with van der Waals surface area (Å²) in [5, 5.41) is 2.37. The predicted octanol–water partition coefficient (Wildman–Crippen LogP) is 2.48. The largest absolute Gasteiger partial charge is 0.493 e. The second kappa shape index (κ2) is 7.56. The van der Waals surface area contributed by atoms with Crippen molar-refractivity contribution < 1.29 is 27.4 Å². The molecule has 0 atom stereocenters. The summed E-state index contributed by atoms with van der Waals surface area (Å²) in [6, 6.07) is 5.29. The van der Waals surface area contributed by atoms with Gasteiger partial charge in [-0.3, -0.25) is 4.79 Å². The molecule has 0 saturated heterocycles. The van der Waals surface area contributed by atoms with E-state index in [0.29, 0.717) is 24.0 Å². The molecule has 0 radical (unpaired) electrons. The summed E-state index contributed by atoms with van der Waals surface area (Å²) in [6.45, 7) is 0.185. The van der Waals surface area contributed by atoms with Crippen molar-refractivity contribution in [1.82, 2.24) is 5.32 Å². The van der Waals surface area contributed by atoms with Crippen molar-refractivity contribution in [3.63, 3.8) is 0 Å². The molecular weight excluding hydrogens is 287 g/mol. The number of amides is 1. The van der Waals surface area contributed by atoms with E-state index in [1.807, 2.05) is 0 Å². The number of para-hydroxylation sites is 1. The van der Waals surface area contributed by atoms with Crippen LogP contribution in [-0.4, -0.2) is 32.8 Å². The summed E-state index contributed by atoms with van der Waals surface area (Å²) in [5.74, 6) is 0.299. The summed E-state index contributed by atoms with van der Waals surface area (Å²) in [7, 11) is 3.00. The molecule has 0 heterocycles. The predicted molar refractivity (Wildman–Crippen MR) is 71.5 cm³/mol. The molecule has 0 saturated carbocycles. The van der Waals surface area contributed by atoms with E-state index in [2.05, 4.69) is 5.32 Å². The molecule has 0 aliphatic rings. The zero-order valence-corrected chi connectivity index (χ0v) is 11.7. The van der Waals surface area contributed by atoms with E-state index >= 15 is 0 Å². The molecule has 0 bridgehead atoms. The number of benzene rings is 1. The lowest BCUT2D eigenvalue weighted by Gasteiger charge is -2.12. The average Bonchev–Trinajstić information content (AvgIpc) is 2.44. The number of allylic oxidation sites excluding steroid dienone is 1. The molecule has 0 aromatic heterocycles. The van der Waals surface area contributed by atoms with Crippen LogP contribution in [0.5, 0.6) is 11.5 Å². The number of carbonyl (C=O) groups excluding carboxylic acids is 1. The van der Waals surface area contributed by atoms with Crippen molar-refractivity contribution in [3.8, 4) is 11.5 Å². The molecule has 4 nitrogen and oxygen atoms in total. The average molecular weight is 303 g/mol. The number of halogens is 3. The Morgan fingerprint density at radius 2 is 2.00 bits per heavy atom. The Hall–Kier alpha value is -2.18. The highest BCUT2D eigenvalue weighted by molar-refractivity contribution is 5.87. The van der Waals surface area contributed by atoms with E-state index < -0.39 is 12.1 Å². The van der Waals surface area contributed by atoms with Crippen LogP contribution >= 0.6 is 0 Å². The second-order valence-electron chi connectivity index (χ2n) is 4.07. The van der Waals surface area contributed by atoms with Gasteiger partial charge in [0.1, 0.15) is 0 Å². The van der Waals surface area contributed by atoms with E-state index in [0.717, 1.165) is 5.56 Å². The Bertz CT molecular complexity index is 513. The molecular formula is C14H16F3NO3. The Kier molecular flexibility index (Phi) is 6.08. The molecule has 0 unspecified atom stereocenters. The molecule has 21 heavy (non-hydrogen) atoms. The van der Waals surface area contributed by atoms with Crippen LogP contribution in [-0.2, 0) is 11.2 Å². The van der Waals surface area contributed by atoms with Crippen LogP contribution in [0, 0.1) is 0 Å². The zero-order valence-electron chi connectivity index (χ0n) is 11.7. The van der Waals surface area contributed by atoms with Crippen LogP contribution in [0.25, 0.3) is 0 Å². The van der Waals surface area contributed by atoms with Crippen LogP contribution in [0.15, 0.2) is 30.4 Å². The molecule has 0 spiro atoms. The highest BCUT2D eigenvalue weighted by Gasteiger charge is 2.22. The van der Waals surface area contributed by atoms with Gasteiger partial charge < -0.3 is 14.8 Å². The number of nitrogens with one attached hydrogen (secondary N) is 1. The van der Waals surface area contributed by atoms with Crippen LogP contribution < -0.4 is 14.8 Å². The first-order valence-corrected chi connectivity index (χ1v) is 6.11. The van der Waals surface area contributed by atoms with Gasteiger partial charge in [0.05, 0.1) is 14.2 Å². The Labute approximate surface area is 120 Å². The molecule has 1 amide bonds. The fourth-order valence-electron chi connectivity index (χ4n) is 1.70. The summed E-state index contributed by atoms with van der Waals surface area (Å²) in [4.78, 5) is 11.2. The third-order valence-electron chi connectivity index (χ3n) is 2.60. The van der Waals surface area contributed by atoms with Gasteiger partial charge in [0.2, 0.25) is 5.91 Å². The fourth-order valence-corrected chi connectivity index (χ4v) is 1.70. The number of alkyl halides is 3. The van der Waals surface area contributed by atoms with Crippen LogP contribution in [0.3, 0.4) is 0 Å². The fraction of sp³-hybridized carbons (Fsp3) is 0.357. The van der Waals surface area contributed by atoms with E-state index in [1.54, 1.807) is 18.2 Å². The van der Waals surface area contributed by atoms with Gasteiger partial charge in [0.15, 0.2) is 11.5 Å². The zero-order chi connectivity index (χ0) is 15.9. The van der Waals surface area contributed by atoms with Crippen LogP contribution in [0.2, 0.25) is 0 Å². The van der Waals surface area contributed by atoms with Crippen molar-refractivity contribution in [2.75, 3.05) is 20.8 Å². The third kappa shape index (κ3) is 5.76. The summed E-state index contributed by atoms with van der Waals surface area (Å²) >= 11 is 0. The molecule has 1 aromatic carbocycles. The maximum Gasteiger partial charge on any atom is 0.409 e. The Morgan fingerprint density at radius 1 is 1.29 bits per heavy atom. The minimum atomic E-state index is -4.49.